The maximum absolute atomic E-state index is 11.4. The molecule has 2 aromatic rings. The number of aromatic nitrogens is 1. The number of thiazole rings is 1. The molecule has 14 heavy (non-hydrogen) atoms. The fraction of sp³-hybridized carbons (Fsp3) is 0. The average molecular weight is 274 g/mol. The summed E-state index contributed by atoms with van der Waals surface area (Å²) < 4.78 is 1.89. The minimum absolute atomic E-state index is 0.00343. The fourth-order valence-electron chi connectivity index (χ4n) is 1.14. The van der Waals surface area contributed by atoms with Gasteiger partial charge in [-0.25, -0.2) is 4.79 Å². The maximum Gasteiger partial charge on any atom is 0.353 e. The van der Waals surface area contributed by atoms with Gasteiger partial charge in [-0.2, -0.15) is 0 Å². The van der Waals surface area contributed by atoms with Crippen LogP contribution in [0.15, 0.2) is 26.8 Å². The molecule has 0 saturated carbocycles. The molecule has 0 unspecified atom stereocenters. The van der Waals surface area contributed by atoms with Crippen LogP contribution in [-0.2, 0) is 0 Å². The van der Waals surface area contributed by atoms with Crippen LogP contribution in [0.3, 0.4) is 0 Å². The predicted molar refractivity (Wildman–Crippen MR) is 56.2 cm³/mol. The Kier molecular flexibility index (Phi) is 2.16. The molecule has 0 atom stereocenters. The monoisotopic (exact) mass is 273 g/mol. The highest BCUT2D eigenvalue weighted by Gasteiger charge is 2.13. The zero-order chi connectivity index (χ0) is 10.3. The number of rotatable bonds is 1. The van der Waals surface area contributed by atoms with Crippen molar-refractivity contribution < 1.29 is 9.90 Å². The first-order valence-electron chi connectivity index (χ1n) is 3.63. The Morgan fingerprint density at radius 2 is 2.21 bits per heavy atom. The second-order valence-corrected chi connectivity index (χ2v) is 4.30. The van der Waals surface area contributed by atoms with Crippen LogP contribution < -0.4 is 5.56 Å². The number of carbonyl (C=O) groups is 1. The van der Waals surface area contributed by atoms with E-state index < -0.39 is 5.97 Å². The molecule has 0 aliphatic carbocycles. The average Bonchev–Trinajstić information content (AvgIpc) is 2.56. The Balaban J connectivity index is 2.98. The van der Waals surface area contributed by atoms with Crippen molar-refractivity contribution in [2.45, 2.75) is 0 Å². The summed E-state index contributed by atoms with van der Waals surface area (Å²) >= 11 is 4.47. The third-order valence-corrected chi connectivity index (χ3v) is 3.61. The van der Waals surface area contributed by atoms with Crippen molar-refractivity contribution in [2.24, 2.45) is 0 Å². The first-order chi connectivity index (χ1) is 6.61. The van der Waals surface area contributed by atoms with E-state index in [1.165, 1.54) is 27.2 Å². The summed E-state index contributed by atoms with van der Waals surface area (Å²) in [6.45, 7) is 0. The SMILES string of the molecule is O=C(O)c1csc2c(Br)ccc(=O)n12. The molecule has 2 aromatic heterocycles. The van der Waals surface area contributed by atoms with Crippen molar-refractivity contribution in [3.8, 4) is 0 Å². The third kappa shape index (κ3) is 1.27. The number of hydrogen-bond donors (Lipinski definition) is 1. The largest absolute Gasteiger partial charge is 0.477 e. The van der Waals surface area contributed by atoms with Gasteiger partial charge in [0.2, 0.25) is 0 Å². The van der Waals surface area contributed by atoms with Gasteiger partial charge in [-0.05, 0) is 22.0 Å². The first kappa shape index (κ1) is 9.42. The Hall–Kier alpha value is -1.14. The van der Waals surface area contributed by atoms with Gasteiger partial charge in [-0.15, -0.1) is 11.3 Å². The normalized spacial score (nSPS) is 10.6. The summed E-state index contributed by atoms with van der Waals surface area (Å²) in [6, 6.07) is 2.94. The number of carboxylic acid groups (broad SMARTS) is 1. The van der Waals surface area contributed by atoms with Crippen LogP contribution in [0, 0.1) is 0 Å². The van der Waals surface area contributed by atoms with Gasteiger partial charge < -0.3 is 5.11 Å². The fourth-order valence-corrected chi connectivity index (χ4v) is 2.64. The lowest BCUT2D eigenvalue weighted by atomic mass is 10.4. The molecule has 6 heteroatoms. The molecule has 0 radical (unpaired) electrons. The van der Waals surface area contributed by atoms with Crippen LogP contribution in [0.5, 0.6) is 0 Å². The molecule has 2 heterocycles. The van der Waals surface area contributed by atoms with E-state index in [0.29, 0.717) is 4.83 Å². The molecule has 0 bridgehead atoms. The summed E-state index contributed by atoms with van der Waals surface area (Å²) in [5.74, 6) is -1.10. The van der Waals surface area contributed by atoms with Gasteiger partial charge in [-0.3, -0.25) is 9.20 Å². The third-order valence-electron chi connectivity index (χ3n) is 1.74. The highest BCUT2D eigenvalue weighted by molar-refractivity contribution is 9.10. The van der Waals surface area contributed by atoms with E-state index in [1.807, 2.05) is 0 Å². The van der Waals surface area contributed by atoms with Crippen LogP contribution in [0.2, 0.25) is 0 Å². The molecule has 0 spiro atoms. The highest BCUT2D eigenvalue weighted by atomic mass is 79.9. The van der Waals surface area contributed by atoms with Crippen molar-refractivity contribution in [3.63, 3.8) is 0 Å². The van der Waals surface area contributed by atoms with Gasteiger partial charge in [0.1, 0.15) is 10.5 Å². The van der Waals surface area contributed by atoms with Crippen LogP contribution in [0.4, 0.5) is 0 Å². The smallest absolute Gasteiger partial charge is 0.353 e. The summed E-state index contributed by atoms with van der Waals surface area (Å²) in [4.78, 5) is 22.8. The number of nitrogens with zero attached hydrogens (tertiary/aromatic N) is 1. The van der Waals surface area contributed by atoms with E-state index >= 15 is 0 Å². The topological polar surface area (TPSA) is 58.8 Å². The van der Waals surface area contributed by atoms with Crippen LogP contribution >= 0.6 is 27.3 Å². The van der Waals surface area contributed by atoms with E-state index in [0.717, 1.165) is 4.47 Å². The Morgan fingerprint density at radius 1 is 1.50 bits per heavy atom. The molecular weight excluding hydrogens is 270 g/mol. The summed E-state index contributed by atoms with van der Waals surface area (Å²) in [5, 5.41) is 10.3. The second kappa shape index (κ2) is 3.21. The molecule has 0 aliphatic heterocycles. The van der Waals surface area contributed by atoms with Gasteiger partial charge >= 0.3 is 5.97 Å². The van der Waals surface area contributed by atoms with Crippen LogP contribution in [0.1, 0.15) is 10.5 Å². The quantitative estimate of drug-likeness (QED) is 0.862. The molecule has 72 valence electrons. The Bertz CT molecular complexity index is 571. The minimum atomic E-state index is -1.10. The van der Waals surface area contributed by atoms with Crippen LogP contribution in [-0.4, -0.2) is 15.5 Å². The van der Waals surface area contributed by atoms with Crippen molar-refractivity contribution in [1.29, 1.82) is 0 Å². The van der Waals surface area contributed by atoms with Crippen molar-refractivity contribution in [3.05, 3.63) is 38.0 Å². The van der Waals surface area contributed by atoms with Gasteiger partial charge in [0.15, 0.2) is 0 Å². The summed E-state index contributed by atoms with van der Waals surface area (Å²) in [7, 11) is 0. The molecule has 0 fully saturated rings. The number of pyridine rings is 1. The van der Waals surface area contributed by atoms with Crippen LogP contribution in [0.25, 0.3) is 4.83 Å². The van der Waals surface area contributed by atoms with E-state index in [2.05, 4.69) is 15.9 Å². The van der Waals surface area contributed by atoms with E-state index in [1.54, 1.807) is 6.07 Å². The van der Waals surface area contributed by atoms with E-state index in [4.69, 9.17) is 5.11 Å². The molecule has 0 aromatic carbocycles. The van der Waals surface area contributed by atoms with E-state index in [9.17, 15) is 9.59 Å². The lowest BCUT2D eigenvalue weighted by molar-refractivity contribution is 0.0689. The Morgan fingerprint density at radius 3 is 2.86 bits per heavy atom. The number of fused-ring (bicyclic) bond motifs is 1. The zero-order valence-corrected chi connectivity index (χ0v) is 9.13. The van der Waals surface area contributed by atoms with Gasteiger partial charge in [0.25, 0.3) is 5.56 Å². The lowest BCUT2D eigenvalue weighted by Crippen LogP contribution is -2.15. The second-order valence-electron chi connectivity index (χ2n) is 2.59. The molecule has 0 amide bonds. The maximum atomic E-state index is 11.4. The number of halogens is 1. The van der Waals surface area contributed by atoms with Gasteiger partial charge in [0, 0.05) is 11.4 Å². The molecule has 0 aliphatic rings. The zero-order valence-electron chi connectivity index (χ0n) is 6.73. The molecule has 2 rings (SSSR count). The summed E-state index contributed by atoms with van der Waals surface area (Å²) in [5.41, 5.74) is -0.335. The van der Waals surface area contributed by atoms with Crippen molar-refractivity contribution in [1.82, 2.24) is 4.40 Å². The molecular formula is C8H4BrNO3S. The van der Waals surface area contributed by atoms with Gasteiger partial charge in [0.05, 0.1) is 4.47 Å². The standard InChI is InChI=1S/C8H4BrNO3S/c9-4-1-2-6(11)10-5(8(12)13)3-14-7(4)10/h1-3H,(H,12,13). The van der Waals surface area contributed by atoms with Crippen molar-refractivity contribution >= 4 is 38.1 Å². The molecule has 0 saturated heterocycles. The first-order valence-corrected chi connectivity index (χ1v) is 5.30. The molecule has 4 nitrogen and oxygen atoms in total. The van der Waals surface area contributed by atoms with E-state index in [-0.39, 0.29) is 11.3 Å². The summed E-state index contributed by atoms with van der Waals surface area (Å²) in [6.07, 6.45) is 0. The van der Waals surface area contributed by atoms with Gasteiger partial charge in [-0.1, -0.05) is 0 Å². The number of hydrogen-bond acceptors (Lipinski definition) is 3. The number of carboxylic acids is 1. The minimum Gasteiger partial charge on any atom is -0.477 e. The lowest BCUT2D eigenvalue weighted by Gasteiger charge is -1.96. The Labute approximate surface area is 90.6 Å². The highest BCUT2D eigenvalue weighted by Crippen LogP contribution is 2.22. The number of aromatic carboxylic acids is 1. The van der Waals surface area contributed by atoms with Crippen molar-refractivity contribution in [2.75, 3.05) is 0 Å². The predicted octanol–water partition coefficient (Wildman–Crippen LogP) is 1.82. The molecule has 1 N–H and O–H groups in total.